The molecule has 2 unspecified atom stereocenters. The number of carbonyl (C=O) groups is 1. The first-order chi connectivity index (χ1) is 9.88. The highest BCUT2D eigenvalue weighted by Crippen LogP contribution is 2.42. The highest BCUT2D eigenvalue weighted by atomic mass is 16.3. The molecule has 1 fully saturated rings. The lowest BCUT2D eigenvalue weighted by molar-refractivity contribution is 0.0950. The maximum Gasteiger partial charge on any atom is 0.269 e. The first-order valence-corrected chi connectivity index (χ1v) is 7.67. The summed E-state index contributed by atoms with van der Waals surface area (Å²) in [7, 11) is 0. The summed E-state index contributed by atoms with van der Waals surface area (Å²) in [6.07, 6.45) is 2.45. The van der Waals surface area contributed by atoms with E-state index >= 15 is 0 Å². The lowest BCUT2D eigenvalue weighted by Crippen LogP contribution is -2.39. The Kier molecular flexibility index (Phi) is 3.53. The second-order valence-electron chi connectivity index (χ2n) is 6.94. The third-order valence-corrected chi connectivity index (χ3v) is 4.91. The van der Waals surface area contributed by atoms with Crippen molar-refractivity contribution in [3.63, 3.8) is 0 Å². The molecule has 1 aliphatic carbocycles. The molecule has 0 aromatic carbocycles. The largest absolute Gasteiger partial charge is 0.393 e. The lowest BCUT2D eigenvalue weighted by Gasteiger charge is -2.34. The quantitative estimate of drug-likeness (QED) is 0.842. The minimum Gasteiger partial charge on any atom is -0.393 e. The Bertz CT molecular complexity index is 554. The van der Waals surface area contributed by atoms with E-state index in [1.165, 1.54) is 0 Å². The van der Waals surface area contributed by atoms with Crippen LogP contribution in [0.4, 0.5) is 0 Å². The Hall–Kier alpha value is -1.40. The van der Waals surface area contributed by atoms with Crippen LogP contribution in [0.3, 0.4) is 0 Å². The molecule has 2 heterocycles. The van der Waals surface area contributed by atoms with Crippen molar-refractivity contribution in [3.05, 3.63) is 17.5 Å². The van der Waals surface area contributed by atoms with E-state index in [9.17, 15) is 9.90 Å². The van der Waals surface area contributed by atoms with E-state index < -0.39 is 5.91 Å². The van der Waals surface area contributed by atoms with Crippen LogP contribution in [0.5, 0.6) is 0 Å². The van der Waals surface area contributed by atoms with Gasteiger partial charge in [0.25, 0.3) is 5.91 Å². The summed E-state index contributed by atoms with van der Waals surface area (Å²) in [4.78, 5) is 13.8. The first-order valence-electron chi connectivity index (χ1n) is 7.67. The topological polar surface area (TPSA) is 84.4 Å². The van der Waals surface area contributed by atoms with Crippen LogP contribution in [0.25, 0.3) is 0 Å². The number of hydrogen-bond acceptors (Lipinski definition) is 4. The fourth-order valence-corrected chi connectivity index (χ4v) is 3.73. The van der Waals surface area contributed by atoms with E-state index in [0.29, 0.717) is 11.7 Å². The van der Waals surface area contributed by atoms with Gasteiger partial charge in [0, 0.05) is 31.1 Å². The highest BCUT2D eigenvalue weighted by molar-refractivity contribution is 5.90. The van der Waals surface area contributed by atoms with E-state index in [-0.39, 0.29) is 11.5 Å². The molecule has 1 aliphatic heterocycles. The Balaban J connectivity index is 1.97. The van der Waals surface area contributed by atoms with Crippen molar-refractivity contribution >= 4 is 5.91 Å². The summed E-state index contributed by atoms with van der Waals surface area (Å²) >= 11 is 0. The third-order valence-electron chi connectivity index (χ3n) is 4.91. The van der Waals surface area contributed by atoms with Gasteiger partial charge in [0.05, 0.1) is 11.8 Å². The zero-order valence-corrected chi connectivity index (χ0v) is 12.7. The van der Waals surface area contributed by atoms with Crippen molar-refractivity contribution < 1.29 is 9.90 Å². The predicted octanol–water partition coefficient (Wildman–Crippen LogP) is 0.737. The van der Waals surface area contributed by atoms with Gasteiger partial charge in [-0.05, 0) is 39.2 Å². The number of primary amides is 1. The minimum absolute atomic E-state index is 0.0515. The average molecular weight is 292 g/mol. The van der Waals surface area contributed by atoms with Gasteiger partial charge in [0.1, 0.15) is 5.69 Å². The van der Waals surface area contributed by atoms with Crippen molar-refractivity contribution in [2.24, 2.45) is 11.1 Å². The fraction of sp³-hybridized carbons (Fsp3) is 0.733. The molecule has 0 saturated heterocycles. The summed E-state index contributed by atoms with van der Waals surface area (Å²) in [5, 5.41) is 14.4. The standard InChI is InChI=1S/C15H24N4O2/c1-10(2)18-7-11-5-13(14(16)21)17-19(11)9-15(8-18)4-3-12(20)6-15/h5,10,12,20H,3-4,6-9H2,1-2H3,(H2,16,21). The number of nitrogens with zero attached hydrogens (tertiary/aromatic N) is 3. The number of carbonyl (C=O) groups excluding carboxylic acids is 1. The van der Waals surface area contributed by atoms with Gasteiger partial charge < -0.3 is 10.8 Å². The van der Waals surface area contributed by atoms with Crippen molar-refractivity contribution in [1.29, 1.82) is 0 Å². The Morgan fingerprint density at radius 1 is 1.52 bits per heavy atom. The molecule has 116 valence electrons. The summed E-state index contributed by atoms with van der Waals surface area (Å²) in [6, 6.07) is 2.22. The second kappa shape index (κ2) is 5.10. The van der Waals surface area contributed by atoms with E-state index in [4.69, 9.17) is 5.73 Å². The van der Waals surface area contributed by atoms with Crippen LogP contribution in [-0.4, -0.2) is 44.4 Å². The van der Waals surface area contributed by atoms with Crippen LogP contribution in [0.15, 0.2) is 6.07 Å². The number of aliphatic hydroxyl groups is 1. The average Bonchev–Trinajstić information content (AvgIpc) is 2.90. The van der Waals surface area contributed by atoms with Crippen LogP contribution >= 0.6 is 0 Å². The summed E-state index contributed by atoms with van der Waals surface area (Å²) in [5.74, 6) is -0.479. The predicted molar refractivity (Wildman–Crippen MR) is 78.6 cm³/mol. The van der Waals surface area contributed by atoms with Crippen molar-refractivity contribution in [2.45, 2.75) is 58.3 Å². The molecule has 0 radical (unpaired) electrons. The van der Waals surface area contributed by atoms with Crippen LogP contribution in [0, 0.1) is 5.41 Å². The number of aliphatic hydroxyl groups excluding tert-OH is 1. The monoisotopic (exact) mass is 292 g/mol. The molecule has 1 amide bonds. The van der Waals surface area contributed by atoms with E-state index in [1.54, 1.807) is 0 Å². The molecule has 1 spiro atoms. The van der Waals surface area contributed by atoms with E-state index in [2.05, 4.69) is 23.8 Å². The summed E-state index contributed by atoms with van der Waals surface area (Å²) in [5.41, 5.74) is 6.78. The van der Waals surface area contributed by atoms with E-state index in [0.717, 1.165) is 44.6 Å². The molecule has 1 saturated carbocycles. The lowest BCUT2D eigenvalue weighted by atomic mass is 9.85. The molecule has 3 N–H and O–H groups in total. The van der Waals surface area contributed by atoms with Crippen LogP contribution in [0.2, 0.25) is 0 Å². The number of fused-ring (bicyclic) bond motifs is 1. The van der Waals surface area contributed by atoms with Gasteiger partial charge in [-0.2, -0.15) is 5.10 Å². The smallest absolute Gasteiger partial charge is 0.269 e. The molecular weight excluding hydrogens is 268 g/mol. The van der Waals surface area contributed by atoms with Gasteiger partial charge in [-0.25, -0.2) is 0 Å². The second-order valence-corrected chi connectivity index (χ2v) is 6.94. The summed E-state index contributed by atoms with van der Waals surface area (Å²) < 4.78 is 1.93. The Morgan fingerprint density at radius 2 is 2.29 bits per heavy atom. The maximum atomic E-state index is 11.4. The molecule has 21 heavy (non-hydrogen) atoms. The number of nitrogens with two attached hydrogens (primary N) is 1. The molecule has 6 nitrogen and oxygen atoms in total. The van der Waals surface area contributed by atoms with Crippen LogP contribution < -0.4 is 5.73 Å². The number of hydrogen-bond donors (Lipinski definition) is 2. The zero-order chi connectivity index (χ0) is 15.2. The number of rotatable bonds is 2. The molecule has 3 rings (SSSR count). The molecule has 1 aromatic rings. The maximum absolute atomic E-state index is 11.4. The SMILES string of the molecule is CC(C)N1Cc2cc(C(N)=O)nn2CC2(CCC(O)C2)C1. The van der Waals surface area contributed by atoms with Gasteiger partial charge in [0.15, 0.2) is 0 Å². The van der Waals surface area contributed by atoms with Gasteiger partial charge in [-0.1, -0.05) is 0 Å². The van der Waals surface area contributed by atoms with Gasteiger partial charge >= 0.3 is 0 Å². The third kappa shape index (κ3) is 2.70. The molecular formula is C15H24N4O2. The Labute approximate surface area is 124 Å². The molecule has 1 aromatic heterocycles. The number of aromatic nitrogens is 2. The highest BCUT2D eigenvalue weighted by Gasteiger charge is 2.43. The van der Waals surface area contributed by atoms with Gasteiger partial charge in [0.2, 0.25) is 0 Å². The van der Waals surface area contributed by atoms with Crippen molar-refractivity contribution in [2.75, 3.05) is 6.54 Å². The van der Waals surface area contributed by atoms with Gasteiger partial charge in [-0.3, -0.25) is 14.4 Å². The fourth-order valence-electron chi connectivity index (χ4n) is 3.73. The first kappa shape index (κ1) is 14.5. The van der Waals surface area contributed by atoms with Crippen molar-refractivity contribution in [1.82, 2.24) is 14.7 Å². The van der Waals surface area contributed by atoms with Gasteiger partial charge in [-0.15, -0.1) is 0 Å². The summed E-state index contributed by atoms with van der Waals surface area (Å²) in [6.45, 7) is 6.86. The van der Waals surface area contributed by atoms with Crippen molar-refractivity contribution in [3.8, 4) is 0 Å². The molecule has 2 atom stereocenters. The van der Waals surface area contributed by atoms with Crippen LogP contribution in [-0.2, 0) is 13.1 Å². The molecule has 6 heteroatoms. The van der Waals surface area contributed by atoms with Crippen LogP contribution in [0.1, 0.15) is 49.3 Å². The Morgan fingerprint density at radius 3 is 2.86 bits per heavy atom. The van der Waals surface area contributed by atoms with E-state index in [1.807, 2.05) is 10.7 Å². The zero-order valence-electron chi connectivity index (χ0n) is 12.7. The number of amides is 1. The minimum atomic E-state index is -0.479. The normalized spacial score (nSPS) is 29.8. The molecule has 2 aliphatic rings. The molecule has 0 bridgehead atoms.